The fourth-order valence-electron chi connectivity index (χ4n) is 1.54. The van der Waals surface area contributed by atoms with E-state index in [1.54, 1.807) is 18.2 Å². The van der Waals surface area contributed by atoms with Crippen LogP contribution in [0.1, 0.15) is 5.56 Å². The summed E-state index contributed by atoms with van der Waals surface area (Å²) >= 11 is 12.0. The number of nitrogens with one attached hydrogen (secondary N) is 1. The number of carbonyl (C=O) groups is 1. The highest BCUT2D eigenvalue weighted by molar-refractivity contribution is 6.36. The molecule has 0 atom stereocenters. The van der Waals surface area contributed by atoms with Crippen LogP contribution in [0.2, 0.25) is 10.0 Å². The van der Waals surface area contributed by atoms with E-state index in [4.69, 9.17) is 23.2 Å². The van der Waals surface area contributed by atoms with Crippen LogP contribution in [0.15, 0.2) is 18.2 Å². The Morgan fingerprint density at radius 3 is 2.40 bits per heavy atom. The highest BCUT2D eigenvalue weighted by Gasteiger charge is 2.25. The van der Waals surface area contributed by atoms with Gasteiger partial charge in [-0.2, -0.15) is 0 Å². The van der Waals surface area contributed by atoms with Crippen molar-refractivity contribution in [2.45, 2.75) is 6.42 Å². The Morgan fingerprint density at radius 1 is 1.33 bits per heavy atom. The summed E-state index contributed by atoms with van der Waals surface area (Å²) in [6.07, 6.45) is 0.338. The fraction of sp³-hybridized carbons (Fsp3) is 0.364. The molecule has 0 saturated carbocycles. The number of rotatable bonds is 3. The third-order valence-corrected chi connectivity index (χ3v) is 3.36. The van der Waals surface area contributed by atoms with E-state index in [0.717, 1.165) is 18.7 Å². The minimum Gasteiger partial charge on any atom is -0.315 e. The predicted octanol–water partition coefficient (Wildman–Crippen LogP) is 2.32. The van der Waals surface area contributed by atoms with Crippen molar-refractivity contribution in [1.82, 2.24) is 5.32 Å². The summed E-state index contributed by atoms with van der Waals surface area (Å²) < 4.78 is 0. The van der Waals surface area contributed by atoms with E-state index >= 15 is 0 Å². The minimum atomic E-state index is 0.136. The van der Waals surface area contributed by atoms with Gasteiger partial charge < -0.3 is 5.32 Å². The van der Waals surface area contributed by atoms with E-state index in [-0.39, 0.29) is 11.7 Å². The Hall–Kier alpha value is -0.570. The molecule has 1 aliphatic rings. The van der Waals surface area contributed by atoms with Crippen LogP contribution in [-0.2, 0) is 11.2 Å². The quantitative estimate of drug-likeness (QED) is 0.884. The van der Waals surface area contributed by atoms with Crippen LogP contribution >= 0.6 is 23.2 Å². The second-order valence-electron chi connectivity index (χ2n) is 3.70. The molecule has 2 nitrogen and oxygen atoms in total. The zero-order valence-corrected chi connectivity index (χ0v) is 9.61. The van der Waals surface area contributed by atoms with Gasteiger partial charge in [-0.25, -0.2) is 0 Å². The monoisotopic (exact) mass is 243 g/mol. The van der Waals surface area contributed by atoms with Gasteiger partial charge in [-0.15, -0.1) is 0 Å². The Balaban J connectivity index is 2.12. The van der Waals surface area contributed by atoms with Gasteiger partial charge in [0, 0.05) is 35.5 Å². The van der Waals surface area contributed by atoms with E-state index in [9.17, 15) is 4.79 Å². The maximum Gasteiger partial charge on any atom is 0.142 e. The standard InChI is InChI=1S/C11H11Cl2NO/c12-9-2-1-3-10(13)8(9)4-11(15)7-5-14-6-7/h1-3,7,14H,4-6H2. The molecular weight excluding hydrogens is 233 g/mol. The molecule has 1 heterocycles. The van der Waals surface area contributed by atoms with E-state index in [1.165, 1.54) is 0 Å². The summed E-state index contributed by atoms with van der Waals surface area (Å²) in [5, 5.41) is 4.22. The van der Waals surface area contributed by atoms with Gasteiger partial charge in [0.05, 0.1) is 0 Å². The maximum atomic E-state index is 11.7. The molecule has 0 amide bonds. The number of ketones is 1. The maximum absolute atomic E-state index is 11.7. The lowest BCUT2D eigenvalue weighted by atomic mass is 9.93. The zero-order valence-electron chi connectivity index (χ0n) is 8.09. The van der Waals surface area contributed by atoms with Crippen molar-refractivity contribution >= 4 is 29.0 Å². The number of benzene rings is 1. The van der Waals surface area contributed by atoms with Gasteiger partial charge in [-0.3, -0.25) is 4.79 Å². The Bertz CT molecular complexity index is 368. The van der Waals surface area contributed by atoms with Crippen molar-refractivity contribution in [3.05, 3.63) is 33.8 Å². The van der Waals surface area contributed by atoms with Crippen molar-refractivity contribution in [1.29, 1.82) is 0 Å². The molecule has 1 saturated heterocycles. The first-order valence-corrected chi connectivity index (χ1v) is 5.60. The molecule has 15 heavy (non-hydrogen) atoms. The summed E-state index contributed by atoms with van der Waals surface area (Å²) in [6.45, 7) is 1.56. The molecule has 1 aromatic carbocycles. The van der Waals surface area contributed by atoms with E-state index in [2.05, 4.69) is 5.32 Å². The lowest BCUT2D eigenvalue weighted by molar-refractivity contribution is -0.123. The molecule has 1 fully saturated rings. The molecule has 1 aromatic rings. The summed E-state index contributed by atoms with van der Waals surface area (Å²) in [4.78, 5) is 11.7. The number of hydrogen-bond donors (Lipinski definition) is 1. The molecule has 1 aliphatic heterocycles. The summed E-state index contributed by atoms with van der Waals surface area (Å²) in [5.41, 5.74) is 0.748. The molecule has 2 rings (SSSR count). The first kappa shape index (κ1) is 10.9. The van der Waals surface area contributed by atoms with Gasteiger partial charge in [0.1, 0.15) is 5.78 Å². The van der Waals surface area contributed by atoms with Crippen molar-refractivity contribution in [2.24, 2.45) is 5.92 Å². The van der Waals surface area contributed by atoms with Gasteiger partial charge in [-0.1, -0.05) is 29.3 Å². The lowest BCUT2D eigenvalue weighted by Gasteiger charge is -2.25. The zero-order chi connectivity index (χ0) is 10.8. The third kappa shape index (κ3) is 2.33. The molecule has 0 unspecified atom stereocenters. The molecule has 0 radical (unpaired) electrons. The first-order chi connectivity index (χ1) is 7.18. The number of Topliss-reactive ketones (excluding diaryl/α,β-unsaturated/α-hetero) is 1. The molecule has 80 valence electrons. The summed E-state index contributed by atoms with van der Waals surface area (Å²) in [6, 6.07) is 5.30. The van der Waals surface area contributed by atoms with Crippen molar-refractivity contribution in [2.75, 3.05) is 13.1 Å². The Morgan fingerprint density at radius 2 is 1.93 bits per heavy atom. The van der Waals surface area contributed by atoms with Crippen LogP contribution in [-0.4, -0.2) is 18.9 Å². The SMILES string of the molecule is O=C(Cc1c(Cl)cccc1Cl)C1CNC1. The van der Waals surface area contributed by atoms with Gasteiger partial charge in [0.25, 0.3) is 0 Å². The highest BCUT2D eigenvalue weighted by Crippen LogP contribution is 2.25. The molecule has 0 aromatic heterocycles. The van der Waals surface area contributed by atoms with Crippen LogP contribution in [0.3, 0.4) is 0 Å². The van der Waals surface area contributed by atoms with Crippen LogP contribution in [0.5, 0.6) is 0 Å². The topological polar surface area (TPSA) is 29.1 Å². The smallest absolute Gasteiger partial charge is 0.142 e. The second-order valence-corrected chi connectivity index (χ2v) is 4.51. The molecule has 1 N–H and O–H groups in total. The minimum absolute atomic E-state index is 0.136. The van der Waals surface area contributed by atoms with Crippen LogP contribution < -0.4 is 5.32 Å². The van der Waals surface area contributed by atoms with Crippen molar-refractivity contribution in [3.63, 3.8) is 0 Å². The van der Waals surface area contributed by atoms with E-state index in [1.807, 2.05) is 0 Å². The van der Waals surface area contributed by atoms with Crippen LogP contribution in [0.4, 0.5) is 0 Å². The van der Waals surface area contributed by atoms with Crippen molar-refractivity contribution < 1.29 is 4.79 Å². The number of carbonyl (C=O) groups excluding carboxylic acids is 1. The average molecular weight is 244 g/mol. The largest absolute Gasteiger partial charge is 0.315 e. The number of hydrogen-bond acceptors (Lipinski definition) is 2. The van der Waals surface area contributed by atoms with Crippen LogP contribution in [0, 0.1) is 5.92 Å². The molecule has 0 spiro atoms. The predicted molar refractivity (Wildman–Crippen MR) is 61.5 cm³/mol. The Kier molecular flexibility index (Phi) is 3.29. The van der Waals surface area contributed by atoms with Gasteiger partial charge >= 0.3 is 0 Å². The molecular formula is C11H11Cl2NO. The summed E-state index contributed by atoms with van der Waals surface area (Å²) in [5.74, 6) is 0.348. The van der Waals surface area contributed by atoms with Crippen molar-refractivity contribution in [3.8, 4) is 0 Å². The van der Waals surface area contributed by atoms with E-state index < -0.39 is 0 Å². The summed E-state index contributed by atoms with van der Waals surface area (Å²) in [7, 11) is 0. The van der Waals surface area contributed by atoms with Gasteiger partial charge in [0.15, 0.2) is 0 Å². The second kappa shape index (κ2) is 4.52. The fourth-order valence-corrected chi connectivity index (χ4v) is 2.07. The van der Waals surface area contributed by atoms with E-state index in [0.29, 0.717) is 16.5 Å². The normalized spacial score (nSPS) is 16.1. The third-order valence-electron chi connectivity index (χ3n) is 2.65. The number of halogens is 2. The van der Waals surface area contributed by atoms with Gasteiger partial charge in [0.2, 0.25) is 0 Å². The highest BCUT2D eigenvalue weighted by atomic mass is 35.5. The van der Waals surface area contributed by atoms with Gasteiger partial charge in [-0.05, 0) is 17.7 Å². The Labute approximate surface area is 98.6 Å². The average Bonchev–Trinajstić information content (AvgIpc) is 2.08. The first-order valence-electron chi connectivity index (χ1n) is 4.85. The molecule has 0 aliphatic carbocycles. The lowest BCUT2D eigenvalue weighted by Crippen LogP contribution is -2.47. The molecule has 4 heteroatoms. The molecule has 0 bridgehead atoms. The van der Waals surface area contributed by atoms with Crippen LogP contribution in [0.25, 0.3) is 0 Å².